The summed E-state index contributed by atoms with van der Waals surface area (Å²) in [6.45, 7) is 1.63. The van der Waals surface area contributed by atoms with Crippen LogP contribution in [-0.2, 0) is 17.6 Å². The van der Waals surface area contributed by atoms with Crippen LogP contribution in [0.2, 0.25) is 0 Å². The third-order valence-electron chi connectivity index (χ3n) is 5.20. The molecule has 0 spiro atoms. The maximum atomic E-state index is 8.91. The second-order valence-corrected chi connectivity index (χ2v) is 8.59. The highest BCUT2D eigenvalue weighted by Crippen LogP contribution is 2.34. The second kappa shape index (κ2) is 7.05. The number of fused-ring (bicyclic) bond motifs is 5. The van der Waals surface area contributed by atoms with Crippen molar-refractivity contribution >= 4 is 37.5 Å². The van der Waals surface area contributed by atoms with E-state index >= 15 is 0 Å². The number of aliphatic hydroxyl groups is 1. The van der Waals surface area contributed by atoms with Gasteiger partial charge in [-0.05, 0) is 58.0 Å². The van der Waals surface area contributed by atoms with Gasteiger partial charge >= 0.3 is 0 Å². The van der Waals surface area contributed by atoms with E-state index in [1.165, 1.54) is 40.6 Å². The lowest BCUT2D eigenvalue weighted by atomic mass is 9.86. The van der Waals surface area contributed by atoms with Gasteiger partial charge in [-0.15, -0.1) is 0 Å². The predicted octanol–water partition coefficient (Wildman–Crippen LogP) is 5.87. The zero-order valence-electron chi connectivity index (χ0n) is 14.9. The van der Waals surface area contributed by atoms with Crippen LogP contribution in [0.15, 0.2) is 60.9 Å². The summed E-state index contributed by atoms with van der Waals surface area (Å²) < 4.78 is 4.72. The SMILES string of the molecule is BrC1CCc2ccc3c(ccc4ccccc43)c2C1.CC1(O)CC=CO1. The molecule has 0 saturated carbocycles. The molecule has 1 aliphatic heterocycles. The molecule has 3 aromatic carbocycles. The van der Waals surface area contributed by atoms with Crippen LogP contribution in [0.25, 0.3) is 21.5 Å². The predicted molar refractivity (Wildman–Crippen MR) is 112 cm³/mol. The first kappa shape index (κ1) is 17.6. The Morgan fingerprint density at radius 2 is 1.85 bits per heavy atom. The Kier molecular flexibility index (Phi) is 4.76. The highest BCUT2D eigenvalue weighted by molar-refractivity contribution is 9.09. The van der Waals surface area contributed by atoms with Gasteiger partial charge in [0, 0.05) is 18.2 Å². The van der Waals surface area contributed by atoms with E-state index in [1.807, 2.05) is 0 Å². The summed E-state index contributed by atoms with van der Waals surface area (Å²) in [4.78, 5) is 0.636. The molecule has 134 valence electrons. The van der Waals surface area contributed by atoms with Crippen LogP contribution in [-0.4, -0.2) is 15.7 Å². The fourth-order valence-electron chi connectivity index (χ4n) is 3.82. The van der Waals surface area contributed by atoms with Gasteiger partial charge in [-0.3, -0.25) is 0 Å². The Morgan fingerprint density at radius 3 is 2.58 bits per heavy atom. The largest absolute Gasteiger partial charge is 0.470 e. The smallest absolute Gasteiger partial charge is 0.207 e. The standard InChI is InChI=1S/C18H15Br.C5H8O2/c19-14-8-5-13-7-9-16-15-4-2-1-3-12(15)6-10-17(16)18(13)11-14;1-5(6)3-2-4-7-5/h1-4,6-7,9-10,14H,5,8,11H2;2,4,6H,3H2,1H3. The average molecular weight is 411 g/mol. The van der Waals surface area contributed by atoms with Crippen molar-refractivity contribution in [1.29, 1.82) is 0 Å². The molecular weight excluding hydrogens is 388 g/mol. The molecule has 2 nitrogen and oxygen atoms in total. The molecule has 2 unspecified atom stereocenters. The Labute approximate surface area is 162 Å². The van der Waals surface area contributed by atoms with E-state index in [0.717, 1.165) is 6.42 Å². The van der Waals surface area contributed by atoms with Crippen LogP contribution < -0.4 is 0 Å². The van der Waals surface area contributed by atoms with Gasteiger partial charge in [0.25, 0.3) is 0 Å². The minimum absolute atomic E-state index is 0.604. The van der Waals surface area contributed by atoms with Crippen LogP contribution in [0.3, 0.4) is 0 Å². The number of alkyl halides is 1. The van der Waals surface area contributed by atoms with Crippen LogP contribution in [0, 0.1) is 0 Å². The number of hydrogen-bond donors (Lipinski definition) is 1. The fourth-order valence-corrected chi connectivity index (χ4v) is 4.37. The quantitative estimate of drug-likeness (QED) is 0.370. The first-order valence-electron chi connectivity index (χ1n) is 9.15. The molecule has 5 rings (SSSR count). The number of ether oxygens (including phenoxy) is 1. The minimum atomic E-state index is -0.917. The van der Waals surface area contributed by atoms with Crippen molar-refractivity contribution < 1.29 is 9.84 Å². The maximum absolute atomic E-state index is 8.91. The van der Waals surface area contributed by atoms with Crippen molar-refractivity contribution in [1.82, 2.24) is 0 Å². The lowest BCUT2D eigenvalue weighted by Crippen LogP contribution is -2.20. The summed E-state index contributed by atoms with van der Waals surface area (Å²) in [5, 5.41) is 14.5. The van der Waals surface area contributed by atoms with Crippen molar-refractivity contribution in [3.05, 3.63) is 72.0 Å². The summed E-state index contributed by atoms with van der Waals surface area (Å²) in [6.07, 6.45) is 7.53. The Bertz CT molecular complexity index is 965. The van der Waals surface area contributed by atoms with Gasteiger partial charge in [0.1, 0.15) is 0 Å². The molecule has 1 aliphatic carbocycles. The zero-order chi connectivity index (χ0) is 18.1. The van der Waals surface area contributed by atoms with Crippen molar-refractivity contribution in [3.8, 4) is 0 Å². The first-order valence-corrected chi connectivity index (χ1v) is 10.1. The summed E-state index contributed by atoms with van der Waals surface area (Å²) in [6, 6.07) is 17.9. The van der Waals surface area contributed by atoms with Gasteiger partial charge in [0.05, 0.1) is 6.26 Å². The number of benzene rings is 3. The highest BCUT2D eigenvalue weighted by atomic mass is 79.9. The van der Waals surface area contributed by atoms with Crippen LogP contribution in [0.5, 0.6) is 0 Å². The van der Waals surface area contributed by atoms with E-state index < -0.39 is 5.79 Å². The normalized spacial score (nSPS) is 24.0. The van der Waals surface area contributed by atoms with Crippen molar-refractivity contribution in [2.24, 2.45) is 0 Å². The molecule has 0 fully saturated rings. The van der Waals surface area contributed by atoms with Crippen molar-refractivity contribution in [2.45, 2.75) is 43.2 Å². The van der Waals surface area contributed by atoms with Gasteiger partial charge in [-0.1, -0.05) is 64.5 Å². The summed E-state index contributed by atoms with van der Waals surface area (Å²) in [7, 11) is 0. The van der Waals surface area contributed by atoms with Gasteiger partial charge in [0.15, 0.2) is 0 Å². The molecule has 0 radical (unpaired) electrons. The van der Waals surface area contributed by atoms with Gasteiger partial charge in [-0.25, -0.2) is 0 Å². The van der Waals surface area contributed by atoms with Crippen LogP contribution >= 0.6 is 15.9 Å². The van der Waals surface area contributed by atoms with Crippen LogP contribution in [0.1, 0.15) is 30.9 Å². The molecule has 0 amide bonds. The number of halogens is 1. The molecule has 1 N–H and O–H groups in total. The van der Waals surface area contributed by atoms with Gasteiger partial charge in [-0.2, -0.15) is 0 Å². The maximum Gasteiger partial charge on any atom is 0.207 e. The van der Waals surface area contributed by atoms with Crippen LogP contribution in [0.4, 0.5) is 0 Å². The molecule has 26 heavy (non-hydrogen) atoms. The monoisotopic (exact) mass is 410 g/mol. The van der Waals surface area contributed by atoms with Gasteiger partial charge < -0.3 is 9.84 Å². The summed E-state index contributed by atoms with van der Waals surface area (Å²) in [5.74, 6) is -0.917. The van der Waals surface area contributed by atoms with Crippen molar-refractivity contribution in [2.75, 3.05) is 0 Å². The van der Waals surface area contributed by atoms with E-state index in [4.69, 9.17) is 9.84 Å². The Hall–Kier alpha value is -1.84. The molecule has 0 saturated heterocycles. The van der Waals surface area contributed by atoms with E-state index in [0.29, 0.717) is 11.2 Å². The number of hydrogen-bond acceptors (Lipinski definition) is 2. The Balaban J connectivity index is 0.000000204. The highest BCUT2D eigenvalue weighted by Gasteiger charge is 2.21. The molecule has 3 aromatic rings. The fraction of sp³-hybridized carbons (Fsp3) is 0.304. The number of rotatable bonds is 0. The molecule has 2 atom stereocenters. The molecular formula is C23H23BrO2. The topological polar surface area (TPSA) is 29.5 Å². The van der Waals surface area contributed by atoms with E-state index in [2.05, 4.69) is 64.5 Å². The second-order valence-electron chi connectivity index (χ2n) is 7.29. The summed E-state index contributed by atoms with van der Waals surface area (Å²) in [5.41, 5.74) is 3.09. The average Bonchev–Trinajstić information content (AvgIpc) is 3.05. The zero-order valence-corrected chi connectivity index (χ0v) is 16.5. The van der Waals surface area contributed by atoms with Gasteiger partial charge in [0.2, 0.25) is 5.79 Å². The minimum Gasteiger partial charge on any atom is -0.470 e. The summed E-state index contributed by atoms with van der Waals surface area (Å²) >= 11 is 3.79. The molecule has 2 aliphatic rings. The van der Waals surface area contributed by atoms with E-state index in [-0.39, 0.29) is 0 Å². The van der Waals surface area contributed by atoms with E-state index in [9.17, 15) is 0 Å². The van der Waals surface area contributed by atoms with Crippen molar-refractivity contribution in [3.63, 3.8) is 0 Å². The molecule has 0 aromatic heterocycles. The Morgan fingerprint density at radius 1 is 1.04 bits per heavy atom. The molecule has 1 heterocycles. The lowest BCUT2D eigenvalue weighted by Gasteiger charge is -2.22. The molecule has 0 bridgehead atoms. The number of aryl methyl sites for hydroxylation is 1. The first-order chi connectivity index (χ1) is 12.5. The molecule has 3 heteroatoms. The lowest BCUT2D eigenvalue weighted by molar-refractivity contribution is -0.134. The third-order valence-corrected chi connectivity index (χ3v) is 5.98. The van der Waals surface area contributed by atoms with E-state index in [1.54, 1.807) is 24.1 Å². The third kappa shape index (κ3) is 3.51.